The van der Waals surface area contributed by atoms with Gasteiger partial charge in [0.25, 0.3) is 0 Å². The summed E-state index contributed by atoms with van der Waals surface area (Å²) in [5, 5.41) is 3.06. The number of anilines is 1. The van der Waals surface area contributed by atoms with E-state index in [1.54, 1.807) is 12.1 Å². The van der Waals surface area contributed by atoms with Gasteiger partial charge in [-0.1, -0.05) is 30.3 Å². The minimum Gasteiger partial charge on any atom is -0.388 e. The molecule has 1 unspecified atom stereocenters. The van der Waals surface area contributed by atoms with Gasteiger partial charge in [-0.2, -0.15) is 0 Å². The molecule has 0 saturated heterocycles. The van der Waals surface area contributed by atoms with Crippen molar-refractivity contribution in [1.82, 2.24) is 0 Å². The Morgan fingerprint density at radius 3 is 2.39 bits per heavy atom. The average molecular weight is 243 g/mol. The lowest BCUT2D eigenvalue weighted by Crippen LogP contribution is -2.06. The molecule has 2 rings (SSSR count). The number of hydrogen-bond acceptors (Lipinski definition) is 2. The standard InChI is InChI=1S/C15H14FNO/c1-17-15-5-3-2-4-13(15)14(10-18)11-6-8-12(16)9-7-11/h2-10,14,17H,1H3. The number of hydrogen-bond donors (Lipinski definition) is 1. The third kappa shape index (κ3) is 2.40. The van der Waals surface area contributed by atoms with Crippen LogP contribution in [0.2, 0.25) is 0 Å². The van der Waals surface area contributed by atoms with Gasteiger partial charge in [0.1, 0.15) is 12.1 Å². The van der Waals surface area contributed by atoms with Crippen molar-refractivity contribution in [2.45, 2.75) is 5.92 Å². The van der Waals surface area contributed by atoms with Crippen molar-refractivity contribution in [3.05, 3.63) is 65.5 Å². The predicted octanol–water partition coefficient (Wildman–Crippen LogP) is 3.20. The SMILES string of the molecule is CNc1ccccc1C(C=O)c1ccc(F)cc1. The molecule has 2 aromatic rings. The lowest BCUT2D eigenvalue weighted by Gasteiger charge is -2.15. The third-order valence-corrected chi connectivity index (χ3v) is 2.93. The topological polar surface area (TPSA) is 29.1 Å². The first kappa shape index (κ1) is 12.3. The van der Waals surface area contributed by atoms with E-state index in [-0.39, 0.29) is 11.7 Å². The largest absolute Gasteiger partial charge is 0.388 e. The number of para-hydroxylation sites is 1. The Morgan fingerprint density at radius 1 is 1.11 bits per heavy atom. The molecular weight excluding hydrogens is 229 g/mol. The molecule has 0 fully saturated rings. The molecule has 0 aliphatic rings. The van der Waals surface area contributed by atoms with Crippen molar-refractivity contribution in [3.8, 4) is 0 Å². The lowest BCUT2D eigenvalue weighted by atomic mass is 9.91. The van der Waals surface area contributed by atoms with Crippen LogP contribution in [-0.2, 0) is 4.79 Å². The number of carbonyl (C=O) groups is 1. The van der Waals surface area contributed by atoms with E-state index >= 15 is 0 Å². The van der Waals surface area contributed by atoms with Gasteiger partial charge < -0.3 is 10.1 Å². The molecule has 0 radical (unpaired) electrons. The zero-order valence-electron chi connectivity index (χ0n) is 10.1. The molecule has 0 bridgehead atoms. The van der Waals surface area contributed by atoms with Crippen molar-refractivity contribution in [2.75, 3.05) is 12.4 Å². The third-order valence-electron chi connectivity index (χ3n) is 2.93. The molecule has 0 heterocycles. The van der Waals surface area contributed by atoms with Gasteiger partial charge in [-0.15, -0.1) is 0 Å². The molecule has 0 spiro atoms. The van der Waals surface area contributed by atoms with Crippen LogP contribution < -0.4 is 5.32 Å². The van der Waals surface area contributed by atoms with E-state index in [0.29, 0.717) is 0 Å². The van der Waals surface area contributed by atoms with Gasteiger partial charge in [0, 0.05) is 12.7 Å². The van der Waals surface area contributed by atoms with Gasteiger partial charge >= 0.3 is 0 Å². The van der Waals surface area contributed by atoms with Crippen molar-refractivity contribution in [1.29, 1.82) is 0 Å². The first-order valence-electron chi connectivity index (χ1n) is 5.73. The van der Waals surface area contributed by atoms with Crippen LogP contribution in [0.15, 0.2) is 48.5 Å². The van der Waals surface area contributed by atoms with E-state index in [1.165, 1.54) is 12.1 Å². The molecule has 2 aromatic carbocycles. The summed E-state index contributed by atoms with van der Waals surface area (Å²) in [5.41, 5.74) is 2.58. The first-order valence-corrected chi connectivity index (χ1v) is 5.73. The second kappa shape index (κ2) is 5.45. The quantitative estimate of drug-likeness (QED) is 0.835. The van der Waals surface area contributed by atoms with E-state index in [4.69, 9.17) is 0 Å². The van der Waals surface area contributed by atoms with Gasteiger partial charge in [-0.25, -0.2) is 4.39 Å². The van der Waals surface area contributed by atoms with Crippen molar-refractivity contribution in [2.24, 2.45) is 0 Å². The van der Waals surface area contributed by atoms with Crippen molar-refractivity contribution < 1.29 is 9.18 Å². The summed E-state index contributed by atoms with van der Waals surface area (Å²) in [7, 11) is 1.81. The summed E-state index contributed by atoms with van der Waals surface area (Å²) in [5.74, 6) is -0.681. The number of nitrogens with one attached hydrogen (secondary N) is 1. The monoisotopic (exact) mass is 243 g/mol. The van der Waals surface area contributed by atoms with Crippen LogP contribution in [0.5, 0.6) is 0 Å². The maximum atomic E-state index is 12.9. The summed E-state index contributed by atoms with van der Waals surface area (Å²) >= 11 is 0. The van der Waals surface area contributed by atoms with Gasteiger partial charge in [0.2, 0.25) is 0 Å². The average Bonchev–Trinajstić information content (AvgIpc) is 2.42. The van der Waals surface area contributed by atoms with Crippen LogP contribution in [-0.4, -0.2) is 13.3 Å². The fraction of sp³-hybridized carbons (Fsp3) is 0.133. The number of aldehydes is 1. The van der Waals surface area contributed by atoms with E-state index in [2.05, 4.69) is 5.32 Å². The second-order valence-corrected chi connectivity index (χ2v) is 4.00. The smallest absolute Gasteiger partial charge is 0.131 e. The van der Waals surface area contributed by atoms with Crippen LogP contribution in [0, 0.1) is 5.82 Å². The zero-order chi connectivity index (χ0) is 13.0. The molecule has 0 aliphatic carbocycles. The highest BCUT2D eigenvalue weighted by atomic mass is 19.1. The number of benzene rings is 2. The Labute approximate surface area is 105 Å². The van der Waals surface area contributed by atoms with Crippen LogP contribution in [0.3, 0.4) is 0 Å². The Kier molecular flexibility index (Phi) is 3.72. The zero-order valence-corrected chi connectivity index (χ0v) is 10.1. The Hall–Kier alpha value is -2.16. The Morgan fingerprint density at radius 2 is 1.78 bits per heavy atom. The maximum absolute atomic E-state index is 12.9. The van der Waals surface area contributed by atoms with Gasteiger partial charge in [-0.05, 0) is 29.3 Å². The number of carbonyl (C=O) groups excluding carboxylic acids is 1. The number of rotatable bonds is 4. The highest BCUT2D eigenvalue weighted by molar-refractivity contribution is 5.73. The molecule has 18 heavy (non-hydrogen) atoms. The molecule has 0 aromatic heterocycles. The predicted molar refractivity (Wildman–Crippen MR) is 70.3 cm³/mol. The van der Waals surface area contributed by atoms with Crippen molar-refractivity contribution >= 4 is 12.0 Å². The molecule has 1 N–H and O–H groups in total. The van der Waals surface area contributed by atoms with Gasteiger partial charge in [0.05, 0.1) is 5.92 Å². The van der Waals surface area contributed by atoms with Crippen LogP contribution in [0.4, 0.5) is 10.1 Å². The van der Waals surface area contributed by atoms with Crippen LogP contribution >= 0.6 is 0 Å². The fourth-order valence-corrected chi connectivity index (χ4v) is 2.00. The van der Waals surface area contributed by atoms with E-state index in [0.717, 1.165) is 23.1 Å². The molecule has 0 aliphatic heterocycles. The molecule has 92 valence electrons. The normalized spacial score (nSPS) is 11.9. The molecule has 0 amide bonds. The van der Waals surface area contributed by atoms with E-state index in [9.17, 15) is 9.18 Å². The summed E-state index contributed by atoms with van der Waals surface area (Å²) in [6.07, 6.45) is 0.878. The molecule has 1 atom stereocenters. The van der Waals surface area contributed by atoms with E-state index in [1.807, 2.05) is 31.3 Å². The minimum absolute atomic E-state index is 0.301. The highest BCUT2D eigenvalue weighted by Gasteiger charge is 2.16. The van der Waals surface area contributed by atoms with Gasteiger partial charge in [0.15, 0.2) is 0 Å². The second-order valence-electron chi connectivity index (χ2n) is 4.00. The number of halogens is 1. The Balaban J connectivity index is 2.45. The molecular formula is C15H14FNO. The molecule has 0 saturated carbocycles. The highest BCUT2D eigenvalue weighted by Crippen LogP contribution is 2.28. The summed E-state index contributed by atoms with van der Waals surface area (Å²) < 4.78 is 12.9. The summed E-state index contributed by atoms with van der Waals surface area (Å²) in [6.45, 7) is 0. The minimum atomic E-state index is -0.380. The van der Waals surface area contributed by atoms with Crippen LogP contribution in [0.25, 0.3) is 0 Å². The van der Waals surface area contributed by atoms with Crippen LogP contribution in [0.1, 0.15) is 17.0 Å². The van der Waals surface area contributed by atoms with E-state index < -0.39 is 0 Å². The fourth-order valence-electron chi connectivity index (χ4n) is 2.00. The molecule has 2 nitrogen and oxygen atoms in total. The van der Waals surface area contributed by atoms with Gasteiger partial charge in [-0.3, -0.25) is 0 Å². The van der Waals surface area contributed by atoms with Crippen molar-refractivity contribution in [3.63, 3.8) is 0 Å². The Bertz CT molecular complexity index is 536. The summed E-state index contributed by atoms with van der Waals surface area (Å²) in [4.78, 5) is 11.3. The molecule has 3 heteroatoms. The maximum Gasteiger partial charge on any atom is 0.131 e. The summed E-state index contributed by atoms with van der Waals surface area (Å²) in [6, 6.07) is 13.6. The lowest BCUT2D eigenvalue weighted by molar-refractivity contribution is -0.108. The first-order chi connectivity index (χ1) is 8.76.